The van der Waals surface area contributed by atoms with Crippen LogP contribution in [0.1, 0.15) is 17.8 Å². The molecule has 0 bridgehead atoms. The van der Waals surface area contributed by atoms with Crippen molar-refractivity contribution in [3.05, 3.63) is 58.6 Å². The number of hydrogen-bond donors (Lipinski definition) is 0. The third-order valence-electron chi connectivity index (χ3n) is 2.97. The van der Waals surface area contributed by atoms with Gasteiger partial charge in [-0.15, -0.1) is 5.10 Å². The standard InChI is InChI=1S/C14H10BrF2N3/c15-12-6-9(5-10-3-1-2-4-11(10)12)7-20-8-18-14(19-20)13(16)17/h1-6,8,13H,7H2. The van der Waals surface area contributed by atoms with E-state index in [0.29, 0.717) is 6.54 Å². The van der Waals surface area contributed by atoms with E-state index in [-0.39, 0.29) is 0 Å². The number of halogens is 3. The lowest BCUT2D eigenvalue weighted by atomic mass is 10.1. The fraction of sp³-hybridized carbons (Fsp3) is 0.143. The molecule has 0 N–H and O–H groups in total. The molecule has 2 aromatic carbocycles. The van der Waals surface area contributed by atoms with Crippen LogP contribution in [0.25, 0.3) is 10.8 Å². The molecule has 0 saturated carbocycles. The van der Waals surface area contributed by atoms with Gasteiger partial charge in [-0.1, -0.05) is 40.2 Å². The molecule has 6 heteroatoms. The Morgan fingerprint density at radius 2 is 2.00 bits per heavy atom. The van der Waals surface area contributed by atoms with Gasteiger partial charge < -0.3 is 0 Å². The van der Waals surface area contributed by atoms with E-state index in [1.165, 1.54) is 11.0 Å². The van der Waals surface area contributed by atoms with E-state index in [1.54, 1.807) is 0 Å². The maximum absolute atomic E-state index is 12.4. The van der Waals surface area contributed by atoms with Crippen molar-refractivity contribution < 1.29 is 8.78 Å². The van der Waals surface area contributed by atoms with Crippen molar-refractivity contribution in [2.75, 3.05) is 0 Å². The Balaban J connectivity index is 1.94. The first-order valence-corrected chi connectivity index (χ1v) is 6.77. The van der Waals surface area contributed by atoms with E-state index in [2.05, 4.69) is 26.0 Å². The molecule has 1 heterocycles. The fourth-order valence-electron chi connectivity index (χ4n) is 2.09. The van der Waals surface area contributed by atoms with Crippen molar-refractivity contribution in [3.63, 3.8) is 0 Å². The van der Waals surface area contributed by atoms with E-state index in [9.17, 15) is 8.78 Å². The first kappa shape index (κ1) is 13.2. The third-order valence-corrected chi connectivity index (χ3v) is 3.62. The van der Waals surface area contributed by atoms with Crippen molar-refractivity contribution in [2.24, 2.45) is 0 Å². The second-order valence-electron chi connectivity index (χ2n) is 4.40. The quantitative estimate of drug-likeness (QED) is 0.717. The van der Waals surface area contributed by atoms with Crippen molar-refractivity contribution in [1.82, 2.24) is 14.8 Å². The molecule has 102 valence electrons. The lowest BCUT2D eigenvalue weighted by Gasteiger charge is -2.06. The highest BCUT2D eigenvalue weighted by Crippen LogP contribution is 2.26. The highest BCUT2D eigenvalue weighted by Gasteiger charge is 2.12. The molecule has 0 saturated heterocycles. The zero-order chi connectivity index (χ0) is 14.1. The molecular formula is C14H10BrF2N3. The maximum atomic E-state index is 12.4. The number of rotatable bonds is 3. The molecule has 0 fully saturated rings. The summed E-state index contributed by atoms with van der Waals surface area (Å²) in [6, 6.07) is 11.9. The monoisotopic (exact) mass is 337 g/mol. The Kier molecular flexibility index (Phi) is 3.48. The minimum Gasteiger partial charge on any atom is -0.248 e. The Morgan fingerprint density at radius 1 is 1.20 bits per heavy atom. The van der Waals surface area contributed by atoms with Crippen LogP contribution in [0.4, 0.5) is 8.78 Å². The average molecular weight is 338 g/mol. The summed E-state index contributed by atoms with van der Waals surface area (Å²) in [7, 11) is 0. The molecule has 0 spiro atoms. The molecule has 3 rings (SSSR count). The molecule has 0 amide bonds. The van der Waals surface area contributed by atoms with Gasteiger partial charge in [-0.3, -0.25) is 0 Å². The van der Waals surface area contributed by atoms with Gasteiger partial charge in [0.2, 0.25) is 5.82 Å². The smallest absolute Gasteiger partial charge is 0.248 e. The average Bonchev–Trinajstić information content (AvgIpc) is 2.87. The molecule has 0 radical (unpaired) electrons. The van der Waals surface area contributed by atoms with Gasteiger partial charge in [-0.2, -0.15) is 0 Å². The molecule has 3 nitrogen and oxygen atoms in total. The molecular weight excluding hydrogens is 328 g/mol. The summed E-state index contributed by atoms with van der Waals surface area (Å²) in [5, 5.41) is 5.96. The molecule has 0 unspecified atom stereocenters. The molecule has 0 aliphatic heterocycles. The predicted molar refractivity (Wildman–Crippen MR) is 75.7 cm³/mol. The highest BCUT2D eigenvalue weighted by molar-refractivity contribution is 9.10. The van der Waals surface area contributed by atoms with Crippen LogP contribution in [0.15, 0.2) is 47.2 Å². The summed E-state index contributed by atoms with van der Waals surface area (Å²) in [5.74, 6) is -0.440. The minimum atomic E-state index is -2.64. The van der Waals surface area contributed by atoms with E-state index in [1.807, 2.05) is 36.4 Å². The fourth-order valence-corrected chi connectivity index (χ4v) is 2.74. The summed E-state index contributed by atoms with van der Waals surface area (Å²) in [5.41, 5.74) is 0.973. The Bertz CT molecular complexity index is 755. The number of fused-ring (bicyclic) bond motifs is 1. The van der Waals surface area contributed by atoms with Crippen LogP contribution < -0.4 is 0 Å². The maximum Gasteiger partial charge on any atom is 0.299 e. The van der Waals surface area contributed by atoms with Gasteiger partial charge in [0, 0.05) is 4.47 Å². The van der Waals surface area contributed by atoms with E-state index in [0.717, 1.165) is 20.8 Å². The van der Waals surface area contributed by atoms with Crippen molar-refractivity contribution >= 4 is 26.7 Å². The molecule has 1 aromatic heterocycles. The van der Waals surface area contributed by atoms with Crippen LogP contribution in [-0.2, 0) is 6.54 Å². The topological polar surface area (TPSA) is 30.7 Å². The van der Waals surface area contributed by atoms with Crippen molar-refractivity contribution in [1.29, 1.82) is 0 Å². The Labute approximate surface area is 122 Å². The van der Waals surface area contributed by atoms with E-state index in [4.69, 9.17) is 0 Å². The largest absolute Gasteiger partial charge is 0.299 e. The number of alkyl halides is 2. The van der Waals surface area contributed by atoms with Gasteiger partial charge in [-0.05, 0) is 28.5 Å². The zero-order valence-corrected chi connectivity index (χ0v) is 11.9. The predicted octanol–water partition coefficient (Wildman–Crippen LogP) is 4.18. The number of hydrogen-bond acceptors (Lipinski definition) is 2. The van der Waals surface area contributed by atoms with Gasteiger partial charge in [-0.25, -0.2) is 18.4 Å². The summed E-state index contributed by atoms with van der Waals surface area (Å²) >= 11 is 3.52. The lowest BCUT2D eigenvalue weighted by Crippen LogP contribution is -2.01. The second kappa shape index (κ2) is 5.28. The van der Waals surface area contributed by atoms with Gasteiger partial charge in [0.05, 0.1) is 6.54 Å². The lowest BCUT2D eigenvalue weighted by molar-refractivity contribution is 0.140. The third kappa shape index (κ3) is 2.56. The van der Waals surface area contributed by atoms with Crippen LogP contribution in [-0.4, -0.2) is 14.8 Å². The highest BCUT2D eigenvalue weighted by atomic mass is 79.9. The van der Waals surface area contributed by atoms with E-state index < -0.39 is 12.2 Å². The summed E-state index contributed by atoms with van der Waals surface area (Å²) in [6.07, 6.45) is -1.32. The molecule has 0 atom stereocenters. The molecule has 3 aromatic rings. The number of nitrogens with zero attached hydrogens (tertiary/aromatic N) is 3. The normalized spacial score (nSPS) is 11.4. The van der Waals surface area contributed by atoms with Crippen LogP contribution in [0.2, 0.25) is 0 Å². The van der Waals surface area contributed by atoms with Gasteiger partial charge in [0.15, 0.2) is 0 Å². The minimum absolute atomic E-state index is 0.406. The first-order valence-electron chi connectivity index (χ1n) is 5.98. The summed E-state index contributed by atoms with van der Waals surface area (Å²) in [6.45, 7) is 0.406. The van der Waals surface area contributed by atoms with Crippen molar-refractivity contribution in [2.45, 2.75) is 13.0 Å². The summed E-state index contributed by atoms with van der Waals surface area (Å²) in [4.78, 5) is 3.59. The SMILES string of the molecule is FC(F)c1ncn(Cc2cc(Br)c3ccccc3c2)n1. The molecule has 20 heavy (non-hydrogen) atoms. The molecule has 0 aliphatic rings. The first-order chi connectivity index (χ1) is 9.63. The summed E-state index contributed by atoms with van der Waals surface area (Å²) < 4.78 is 27.3. The Morgan fingerprint density at radius 3 is 2.75 bits per heavy atom. The second-order valence-corrected chi connectivity index (χ2v) is 5.25. The number of benzene rings is 2. The van der Waals surface area contributed by atoms with E-state index >= 15 is 0 Å². The van der Waals surface area contributed by atoms with Crippen LogP contribution >= 0.6 is 15.9 Å². The Hall–Kier alpha value is -1.82. The van der Waals surface area contributed by atoms with Crippen molar-refractivity contribution in [3.8, 4) is 0 Å². The van der Waals surface area contributed by atoms with Gasteiger partial charge >= 0.3 is 0 Å². The van der Waals surface area contributed by atoms with Crippen LogP contribution in [0, 0.1) is 0 Å². The number of aromatic nitrogens is 3. The molecule has 0 aliphatic carbocycles. The van der Waals surface area contributed by atoms with Gasteiger partial charge in [0.25, 0.3) is 6.43 Å². The van der Waals surface area contributed by atoms with Crippen LogP contribution in [0.3, 0.4) is 0 Å². The van der Waals surface area contributed by atoms with Gasteiger partial charge in [0.1, 0.15) is 6.33 Å². The zero-order valence-electron chi connectivity index (χ0n) is 10.3. The van der Waals surface area contributed by atoms with Crippen LogP contribution in [0.5, 0.6) is 0 Å².